The van der Waals surface area contributed by atoms with Crippen molar-refractivity contribution in [2.45, 2.75) is 13.1 Å². The molecule has 0 radical (unpaired) electrons. The molecule has 0 bridgehead atoms. The van der Waals surface area contributed by atoms with E-state index in [-0.39, 0.29) is 6.03 Å². The summed E-state index contributed by atoms with van der Waals surface area (Å²) in [6, 6.07) is 1.67. The van der Waals surface area contributed by atoms with Gasteiger partial charge in [0.25, 0.3) is 0 Å². The normalized spacial score (nSPS) is 15.8. The fraction of sp³-hybridized carbons (Fsp3) is 0.500. The van der Waals surface area contributed by atoms with Gasteiger partial charge in [-0.05, 0) is 0 Å². The first-order chi connectivity index (χ1) is 7.19. The van der Waals surface area contributed by atoms with Gasteiger partial charge < -0.3 is 10.1 Å². The maximum Gasteiger partial charge on any atom is 0.320 e. The van der Waals surface area contributed by atoms with Crippen molar-refractivity contribution in [3.8, 4) is 0 Å². The van der Waals surface area contributed by atoms with Crippen LogP contribution in [0.3, 0.4) is 0 Å². The number of rotatable bonds is 1. The van der Waals surface area contributed by atoms with E-state index < -0.39 is 0 Å². The van der Waals surface area contributed by atoms with Gasteiger partial charge in [-0.3, -0.25) is 10.00 Å². The lowest BCUT2D eigenvalue weighted by Gasteiger charge is -2.23. The first-order valence-corrected chi connectivity index (χ1v) is 4.93. The summed E-state index contributed by atoms with van der Waals surface area (Å²) < 4.78 is 1.94. The number of nitrogens with one attached hydrogen (secondary N) is 2. The number of amides is 2. The summed E-state index contributed by atoms with van der Waals surface area (Å²) >= 11 is 0. The third kappa shape index (κ3) is 2.12. The molecule has 0 aromatic carbocycles. The summed E-state index contributed by atoms with van der Waals surface area (Å²) in [6.07, 6.45) is 0. The zero-order valence-electron chi connectivity index (χ0n) is 8.95. The van der Waals surface area contributed by atoms with Gasteiger partial charge in [0.1, 0.15) is 0 Å². The Kier molecular flexibility index (Phi) is 2.63. The van der Waals surface area contributed by atoms with E-state index in [2.05, 4.69) is 28.5 Å². The Morgan fingerprint density at radius 2 is 2.40 bits per heavy atom. The number of hydrogen-bond acceptors (Lipinski definition) is 3. The van der Waals surface area contributed by atoms with Crippen LogP contribution in [0.4, 0.5) is 10.6 Å². The van der Waals surface area contributed by atoms with Crippen LogP contribution in [0.1, 0.15) is 5.69 Å². The van der Waals surface area contributed by atoms with Gasteiger partial charge in [-0.25, -0.2) is 4.79 Å². The van der Waals surface area contributed by atoms with Gasteiger partial charge in [0.05, 0.1) is 12.2 Å². The van der Waals surface area contributed by atoms with E-state index in [1.807, 2.05) is 10.7 Å². The van der Waals surface area contributed by atoms with Crippen molar-refractivity contribution in [1.82, 2.24) is 19.9 Å². The summed E-state index contributed by atoms with van der Waals surface area (Å²) in [5.74, 6) is 0.611. The van der Waals surface area contributed by atoms with Crippen molar-refractivity contribution in [2.75, 3.05) is 18.9 Å². The van der Waals surface area contributed by atoms with E-state index in [0.29, 0.717) is 5.82 Å². The Labute approximate surface area is 89.1 Å². The first kappa shape index (κ1) is 10.0. The maximum atomic E-state index is 11.1. The molecule has 0 saturated carbocycles. The lowest BCUT2D eigenvalue weighted by Crippen LogP contribution is -2.31. The average Bonchev–Trinajstić information content (AvgIpc) is 2.59. The smallest absolute Gasteiger partial charge is 0.320 e. The highest BCUT2D eigenvalue weighted by Gasteiger charge is 2.15. The summed E-state index contributed by atoms with van der Waals surface area (Å²) in [6.45, 7) is 2.75. The highest BCUT2D eigenvalue weighted by Crippen LogP contribution is 2.14. The fourth-order valence-corrected chi connectivity index (χ4v) is 1.64. The van der Waals surface area contributed by atoms with Crippen LogP contribution in [0.25, 0.3) is 0 Å². The fourth-order valence-electron chi connectivity index (χ4n) is 1.64. The molecule has 0 spiro atoms. The van der Waals surface area contributed by atoms with Gasteiger partial charge in [0, 0.05) is 26.2 Å². The molecule has 2 rings (SSSR count). The van der Waals surface area contributed by atoms with Gasteiger partial charge in [0.2, 0.25) is 0 Å². The predicted octanol–water partition coefficient (Wildman–Crippen LogP) is -1.00. The Bertz CT molecular complexity index is 377. The highest BCUT2D eigenvalue weighted by atomic mass is 16.2. The molecule has 1 aromatic heterocycles. The quantitative estimate of drug-likeness (QED) is 0.580. The van der Waals surface area contributed by atoms with Crippen LogP contribution in [-0.4, -0.2) is 42.2 Å². The van der Waals surface area contributed by atoms with Gasteiger partial charge in [-0.15, -0.1) is 0 Å². The predicted molar refractivity (Wildman–Crippen MR) is 59.3 cm³/mol. The van der Waals surface area contributed by atoms with Gasteiger partial charge in [0.15, 0.2) is 13.8 Å². The third-order valence-corrected chi connectivity index (χ3v) is 2.46. The number of hydrogen-bond donors (Lipinski definition) is 2. The first-order valence-electron chi connectivity index (χ1n) is 4.93. The Balaban J connectivity index is 2.12. The zero-order valence-corrected chi connectivity index (χ0v) is 8.95. The molecule has 1 aromatic rings. The van der Waals surface area contributed by atoms with Crippen LogP contribution >= 0.6 is 0 Å². The van der Waals surface area contributed by atoms with Crippen LogP contribution in [0.15, 0.2) is 6.07 Å². The van der Waals surface area contributed by atoms with Crippen molar-refractivity contribution in [3.63, 3.8) is 0 Å². The van der Waals surface area contributed by atoms with Crippen LogP contribution < -0.4 is 10.6 Å². The number of fused-ring (bicyclic) bond motifs is 1. The van der Waals surface area contributed by atoms with E-state index in [1.165, 1.54) is 0 Å². The second kappa shape index (κ2) is 3.94. The molecule has 15 heavy (non-hydrogen) atoms. The number of carbonyl (C=O) groups is 1. The second-order valence-electron chi connectivity index (χ2n) is 3.69. The summed E-state index contributed by atoms with van der Waals surface area (Å²) in [5, 5.41) is 9.45. The van der Waals surface area contributed by atoms with Crippen molar-refractivity contribution in [2.24, 2.45) is 0 Å². The van der Waals surface area contributed by atoms with E-state index >= 15 is 0 Å². The Hall–Kier alpha value is -1.50. The molecule has 0 fully saturated rings. The number of anilines is 1. The van der Waals surface area contributed by atoms with E-state index in [4.69, 9.17) is 0 Å². The van der Waals surface area contributed by atoms with Gasteiger partial charge in [-0.1, -0.05) is 0 Å². The number of urea groups is 1. The van der Waals surface area contributed by atoms with E-state index in [9.17, 15) is 4.79 Å². The monoisotopic (exact) mass is 207 g/mol. The molecule has 0 saturated heterocycles. The van der Waals surface area contributed by atoms with Crippen molar-refractivity contribution in [1.29, 1.82) is 0 Å². The largest absolute Gasteiger partial charge is 0.342 e. The highest BCUT2D eigenvalue weighted by molar-refractivity contribution is 6.04. The molecule has 80 valence electrons. The third-order valence-electron chi connectivity index (χ3n) is 2.46. The minimum atomic E-state index is -0.237. The van der Waals surface area contributed by atoms with Crippen LogP contribution in [0.5, 0.6) is 0 Å². The molecule has 2 N–H and O–H groups in total. The molecule has 2 heterocycles. The maximum absolute atomic E-state index is 11.1. The van der Waals surface area contributed by atoms with Crippen molar-refractivity contribution in [3.05, 3.63) is 11.8 Å². The summed E-state index contributed by atoms with van der Waals surface area (Å²) in [5.41, 5.74) is 1.13. The van der Waals surface area contributed by atoms with Crippen LogP contribution in [0, 0.1) is 0 Å². The number of nitrogens with zero attached hydrogens (tertiary/aromatic N) is 3. The van der Waals surface area contributed by atoms with Crippen LogP contribution in [-0.2, 0) is 13.1 Å². The molecule has 1 aliphatic heterocycles. The molecule has 0 atom stereocenters. The second-order valence-corrected chi connectivity index (χ2v) is 3.69. The van der Waals surface area contributed by atoms with Crippen molar-refractivity contribution < 1.29 is 4.79 Å². The molecular formula is C8H14BN5O. The average molecular weight is 207 g/mol. The Morgan fingerprint density at radius 1 is 1.60 bits per heavy atom. The number of carbonyl (C=O) groups excluding carboxylic acids is 1. The standard InChI is InChI=1S/C8H14BN5O/c1-10-8(15)11-7-4-6-5-13(9)2-3-14(6)12-7/h4H,2-3,5,9H2,1H3,(H2,10,11,12,15). The topological polar surface area (TPSA) is 62.2 Å². The minimum Gasteiger partial charge on any atom is -0.342 e. The molecular weight excluding hydrogens is 193 g/mol. The zero-order chi connectivity index (χ0) is 10.8. The lowest BCUT2D eigenvalue weighted by molar-refractivity contribution is 0.254. The Morgan fingerprint density at radius 3 is 3.13 bits per heavy atom. The molecule has 1 aliphatic rings. The molecule has 0 aliphatic carbocycles. The molecule has 0 unspecified atom stereocenters. The molecule has 7 heteroatoms. The SMILES string of the molecule is BN1CCn2nc(NC(=O)NC)cc2C1. The number of aromatic nitrogens is 2. The summed E-state index contributed by atoms with van der Waals surface area (Å²) in [4.78, 5) is 13.3. The van der Waals surface area contributed by atoms with Gasteiger partial charge in [-0.2, -0.15) is 5.10 Å². The lowest BCUT2D eigenvalue weighted by atomic mass is 10.2. The van der Waals surface area contributed by atoms with Crippen molar-refractivity contribution >= 4 is 19.8 Å². The molecule has 6 nitrogen and oxygen atoms in total. The van der Waals surface area contributed by atoms with Gasteiger partial charge >= 0.3 is 6.03 Å². The summed E-state index contributed by atoms with van der Waals surface area (Å²) in [7, 11) is 3.65. The van der Waals surface area contributed by atoms with E-state index in [1.54, 1.807) is 7.05 Å². The minimum absolute atomic E-state index is 0.237. The molecule has 2 amide bonds. The van der Waals surface area contributed by atoms with Crippen LogP contribution in [0.2, 0.25) is 0 Å². The van der Waals surface area contributed by atoms with E-state index in [0.717, 1.165) is 25.3 Å².